The van der Waals surface area contributed by atoms with E-state index in [1.165, 1.54) is 0 Å². The summed E-state index contributed by atoms with van der Waals surface area (Å²) in [7, 11) is 0. The second kappa shape index (κ2) is 7.31. The van der Waals surface area contributed by atoms with Gasteiger partial charge in [-0.3, -0.25) is 10.1 Å². The van der Waals surface area contributed by atoms with Crippen molar-refractivity contribution in [3.05, 3.63) is 63.9 Å². The highest BCUT2D eigenvalue weighted by Crippen LogP contribution is 2.34. The highest BCUT2D eigenvalue weighted by atomic mass is 35.5. The Morgan fingerprint density at radius 2 is 1.70 bits per heavy atom. The van der Waals surface area contributed by atoms with E-state index in [1.54, 1.807) is 24.8 Å². The van der Waals surface area contributed by atoms with Gasteiger partial charge in [0.1, 0.15) is 17.5 Å². The zero-order valence-electron chi connectivity index (χ0n) is 13.9. The molecule has 4 aromatic rings. The lowest BCUT2D eigenvalue weighted by molar-refractivity contribution is 0.227. The van der Waals surface area contributed by atoms with Crippen molar-refractivity contribution in [2.45, 2.75) is 13.0 Å². The number of aromatic nitrogens is 5. The summed E-state index contributed by atoms with van der Waals surface area (Å²) >= 11 is 18.2. The summed E-state index contributed by atoms with van der Waals surface area (Å²) in [4.78, 5) is 12.0. The standard InChI is InChI=1S/C18H12Cl3N5O/c1-9(16-13(19)7-22-8-14(16)20)27-11-2-3-15-12(4-11)17(26-25-15)10-5-23-18(21)24-6-10/h2-9H,1H3,(H,25,26)/t9-/m1/s1. The number of rotatable bonds is 4. The third kappa shape index (κ3) is 3.56. The van der Waals surface area contributed by atoms with E-state index < -0.39 is 0 Å². The van der Waals surface area contributed by atoms with E-state index in [0.29, 0.717) is 27.1 Å². The number of fused-ring (bicyclic) bond motifs is 1. The van der Waals surface area contributed by atoms with Gasteiger partial charge in [-0.2, -0.15) is 5.10 Å². The summed E-state index contributed by atoms with van der Waals surface area (Å²) in [6, 6.07) is 5.63. The average Bonchev–Trinajstić information content (AvgIpc) is 3.05. The van der Waals surface area contributed by atoms with Crippen molar-refractivity contribution in [1.82, 2.24) is 25.1 Å². The van der Waals surface area contributed by atoms with Crippen molar-refractivity contribution in [3.8, 4) is 17.0 Å². The van der Waals surface area contributed by atoms with Crippen molar-refractivity contribution in [2.24, 2.45) is 0 Å². The van der Waals surface area contributed by atoms with Gasteiger partial charge in [-0.15, -0.1) is 0 Å². The van der Waals surface area contributed by atoms with Crippen LogP contribution in [0.3, 0.4) is 0 Å². The zero-order valence-corrected chi connectivity index (χ0v) is 16.2. The largest absolute Gasteiger partial charge is 0.486 e. The second-order valence-corrected chi connectivity index (χ2v) is 6.95. The highest BCUT2D eigenvalue weighted by Gasteiger charge is 2.17. The van der Waals surface area contributed by atoms with Crippen molar-refractivity contribution in [3.63, 3.8) is 0 Å². The van der Waals surface area contributed by atoms with E-state index in [-0.39, 0.29) is 11.4 Å². The summed E-state index contributed by atoms with van der Waals surface area (Å²) in [6.07, 6.45) is 5.97. The van der Waals surface area contributed by atoms with Crippen LogP contribution >= 0.6 is 34.8 Å². The first-order chi connectivity index (χ1) is 13.0. The van der Waals surface area contributed by atoms with Crippen LogP contribution in [0, 0.1) is 0 Å². The Kier molecular flexibility index (Phi) is 4.86. The minimum Gasteiger partial charge on any atom is -0.486 e. The molecule has 0 radical (unpaired) electrons. The molecule has 0 spiro atoms. The average molecular weight is 421 g/mol. The van der Waals surface area contributed by atoms with E-state index in [4.69, 9.17) is 39.5 Å². The number of aromatic amines is 1. The molecule has 1 N–H and O–H groups in total. The van der Waals surface area contributed by atoms with Crippen LogP contribution in [0.4, 0.5) is 0 Å². The summed E-state index contributed by atoms with van der Waals surface area (Å²) in [5.74, 6) is 0.650. The first kappa shape index (κ1) is 18.0. The molecule has 6 nitrogen and oxygen atoms in total. The van der Waals surface area contributed by atoms with Gasteiger partial charge in [0.05, 0.1) is 15.6 Å². The molecule has 0 aliphatic carbocycles. The number of nitrogens with one attached hydrogen (secondary N) is 1. The fourth-order valence-electron chi connectivity index (χ4n) is 2.79. The van der Waals surface area contributed by atoms with E-state index in [1.807, 2.05) is 25.1 Å². The van der Waals surface area contributed by atoms with E-state index >= 15 is 0 Å². The third-order valence-corrected chi connectivity index (χ3v) is 4.84. The lowest BCUT2D eigenvalue weighted by atomic mass is 10.1. The van der Waals surface area contributed by atoms with Crippen LogP contribution in [0.15, 0.2) is 43.0 Å². The minimum atomic E-state index is -0.361. The molecular formula is C18H12Cl3N5O. The van der Waals surface area contributed by atoms with Gasteiger partial charge in [0.15, 0.2) is 0 Å². The number of hydrogen-bond donors (Lipinski definition) is 1. The summed E-state index contributed by atoms with van der Waals surface area (Å²) < 4.78 is 6.06. The van der Waals surface area contributed by atoms with Gasteiger partial charge in [0.2, 0.25) is 5.28 Å². The summed E-state index contributed by atoms with van der Waals surface area (Å²) in [5, 5.41) is 9.30. The molecule has 136 valence electrons. The van der Waals surface area contributed by atoms with Gasteiger partial charge in [-0.1, -0.05) is 23.2 Å². The van der Waals surface area contributed by atoms with Crippen LogP contribution < -0.4 is 4.74 Å². The fourth-order valence-corrected chi connectivity index (χ4v) is 3.56. The Balaban J connectivity index is 1.69. The Labute approximate surface area is 169 Å². The Bertz CT molecular complexity index is 1090. The Morgan fingerprint density at radius 3 is 2.41 bits per heavy atom. The third-order valence-electron chi connectivity index (χ3n) is 4.04. The van der Waals surface area contributed by atoms with E-state index in [2.05, 4.69) is 25.1 Å². The topological polar surface area (TPSA) is 76.6 Å². The SMILES string of the molecule is C[C@@H](Oc1ccc2[nH]nc(-c3cnc(Cl)nc3)c2c1)c1c(Cl)cncc1Cl. The molecule has 0 bridgehead atoms. The predicted molar refractivity (Wildman–Crippen MR) is 105 cm³/mol. The van der Waals surface area contributed by atoms with Gasteiger partial charge in [0, 0.05) is 41.3 Å². The molecule has 0 aliphatic rings. The number of pyridine rings is 1. The van der Waals surface area contributed by atoms with Gasteiger partial charge in [0.25, 0.3) is 0 Å². The van der Waals surface area contributed by atoms with Crippen LogP contribution in [0.25, 0.3) is 22.2 Å². The number of H-pyrrole nitrogens is 1. The predicted octanol–water partition coefficient (Wildman–Crippen LogP) is 5.52. The zero-order chi connectivity index (χ0) is 19.0. The summed E-state index contributed by atoms with van der Waals surface area (Å²) in [6.45, 7) is 1.88. The number of benzene rings is 1. The summed E-state index contributed by atoms with van der Waals surface area (Å²) in [5.41, 5.74) is 3.00. The quantitative estimate of drug-likeness (QED) is 0.440. The molecule has 27 heavy (non-hydrogen) atoms. The molecule has 0 aliphatic heterocycles. The first-order valence-electron chi connectivity index (χ1n) is 7.94. The molecule has 0 saturated heterocycles. The maximum atomic E-state index is 6.22. The van der Waals surface area contributed by atoms with Crippen LogP contribution in [-0.4, -0.2) is 25.1 Å². The maximum absolute atomic E-state index is 6.22. The monoisotopic (exact) mass is 419 g/mol. The Hall–Kier alpha value is -2.41. The number of hydrogen-bond acceptors (Lipinski definition) is 5. The van der Waals surface area contributed by atoms with E-state index in [9.17, 15) is 0 Å². The second-order valence-electron chi connectivity index (χ2n) is 5.80. The molecule has 9 heteroatoms. The molecule has 0 fully saturated rings. The number of ether oxygens (including phenoxy) is 1. The smallest absolute Gasteiger partial charge is 0.222 e. The van der Waals surface area contributed by atoms with Gasteiger partial charge >= 0.3 is 0 Å². The lowest BCUT2D eigenvalue weighted by Crippen LogP contribution is -2.05. The molecule has 0 unspecified atom stereocenters. The highest BCUT2D eigenvalue weighted by molar-refractivity contribution is 6.35. The molecule has 1 aromatic carbocycles. The van der Waals surface area contributed by atoms with E-state index in [0.717, 1.165) is 16.5 Å². The molecular weight excluding hydrogens is 409 g/mol. The normalized spacial score (nSPS) is 12.3. The van der Waals surface area contributed by atoms with Crippen molar-refractivity contribution < 1.29 is 4.74 Å². The lowest BCUT2D eigenvalue weighted by Gasteiger charge is -2.17. The van der Waals surface area contributed by atoms with Crippen LogP contribution in [-0.2, 0) is 0 Å². The molecule has 1 atom stereocenters. The molecule has 0 saturated carbocycles. The van der Waals surface area contributed by atoms with Crippen molar-refractivity contribution in [1.29, 1.82) is 0 Å². The van der Waals surface area contributed by atoms with Crippen molar-refractivity contribution in [2.75, 3.05) is 0 Å². The maximum Gasteiger partial charge on any atom is 0.222 e. The molecule has 4 rings (SSSR count). The minimum absolute atomic E-state index is 0.183. The van der Waals surface area contributed by atoms with Gasteiger partial charge < -0.3 is 4.74 Å². The van der Waals surface area contributed by atoms with Crippen molar-refractivity contribution >= 4 is 45.7 Å². The molecule has 0 amide bonds. The molecule has 3 heterocycles. The van der Waals surface area contributed by atoms with Crippen LogP contribution in [0.2, 0.25) is 15.3 Å². The number of halogens is 3. The number of nitrogens with zero attached hydrogens (tertiary/aromatic N) is 4. The van der Waals surface area contributed by atoms with Crippen LogP contribution in [0.5, 0.6) is 5.75 Å². The molecule has 3 aromatic heterocycles. The van der Waals surface area contributed by atoms with Gasteiger partial charge in [-0.05, 0) is 36.7 Å². The first-order valence-corrected chi connectivity index (χ1v) is 9.08. The Morgan fingerprint density at radius 1 is 1.00 bits per heavy atom. The van der Waals surface area contributed by atoms with Crippen LogP contribution in [0.1, 0.15) is 18.6 Å². The van der Waals surface area contributed by atoms with Gasteiger partial charge in [-0.25, -0.2) is 9.97 Å². The fraction of sp³-hybridized carbons (Fsp3) is 0.111.